The Morgan fingerprint density at radius 2 is 0.949 bits per heavy atom. The van der Waals surface area contributed by atoms with Gasteiger partial charge in [-0.05, 0) is 116 Å². The molecule has 276 valence electrons. The maximum atomic E-state index is 6.61. The molecule has 0 N–H and O–H groups in total. The summed E-state index contributed by atoms with van der Waals surface area (Å²) in [5.74, 6) is 0. The zero-order chi connectivity index (χ0) is 38.9. The minimum atomic E-state index is 0.892. The molecule has 0 atom stereocenters. The van der Waals surface area contributed by atoms with Gasteiger partial charge < -0.3 is 9.32 Å². The number of furan rings is 1. The Kier molecular flexibility index (Phi) is 7.75. The molecule has 12 rings (SSSR count). The Labute approximate surface area is 345 Å². The second-order valence-electron chi connectivity index (χ2n) is 15.3. The zero-order valence-corrected chi connectivity index (χ0v) is 32.8. The van der Waals surface area contributed by atoms with Gasteiger partial charge in [-0.15, -0.1) is 11.3 Å². The summed E-state index contributed by atoms with van der Waals surface area (Å²) in [6, 6.07) is 77.0. The van der Waals surface area contributed by atoms with Crippen molar-refractivity contribution in [2.75, 3.05) is 4.90 Å². The molecule has 0 amide bonds. The molecule has 12 aromatic rings. The van der Waals surface area contributed by atoms with Crippen LogP contribution in [0.25, 0.3) is 97.0 Å². The smallest absolute Gasteiger partial charge is 0.143 e. The van der Waals surface area contributed by atoms with Crippen LogP contribution in [0.5, 0.6) is 0 Å². The molecule has 2 nitrogen and oxygen atoms in total. The summed E-state index contributed by atoms with van der Waals surface area (Å²) >= 11 is 1.86. The van der Waals surface area contributed by atoms with E-state index in [1.54, 1.807) is 0 Å². The van der Waals surface area contributed by atoms with Gasteiger partial charge in [-0.25, -0.2) is 0 Å². The second kappa shape index (κ2) is 13.6. The molecule has 2 heterocycles. The van der Waals surface area contributed by atoms with Crippen molar-refractivity contribution in [1.29, 1.82) is 0 Å². The van der Waals surface area contributed by atoms with Crippen LogP contribution >= 0.6 is 11.3 Å². The summed E-state index contributed by atoms with van der Waals surface area (Å²) in [7, 11) is 0. The van der Waals surface area contributed by atoms with E-state index in [9.17, 15) is 0 Å². The largest absolute Gasteiger partial charge is 0.455 e. The van der Waals surface area contributed by atoms with Gasteiger partial charge in [-0.3, -0.25) is 0 Å². The van der Waals surface area contributed by atoms with E-state index in [0.29, 0.717) is 0 Å². The molecule has 59 heavy (non-hydrogen) atoms. The number of anilines is 3. The Bertz CT molecular complexity index is 3570. The summed E-state index contributed by atoms with van der Waals surface area (Å²) < 4.78 is 9.24. The van der Waals surface area contributed by atoms with Crippen molar-refractivity contribution in [3.63, 3.8) is 0 Å². The van der Waals surface area contributed by atoms with Crippen LogP contribution in [-0.4, -0.2) is 0 Å². The number of hydrogen-bond acceptors (Lipinski definition) is 3. The van der Waals surface area contributed by atoms with Gasteiger partial charge in [0.15, 0.2) is 0 Å². The number of benzene rings is 10. The van der Waals surface area contributed by atoms with E-state index in [-0.39, 0.29) is 0 Å². The normalized spacial score (nSPS) is 11.7. The van der Waals surface area contributed by atoms with E-state index in [1.165, 1.54) is 58.6 Å². The zero-order valence-electron chi connectivity index (χ0n) is 32.0. The average molecular weight is 770 g/mol. The lowest BCUT2D eigenvalue weighted by atomic mass is 9.97. The third-order valence-corrected chi connectivity index (χ3v) is 13.0. The van der Waals surface area contributed by atoms with Gasteiger partial charge in [0.05, 0.1) is 0 Å². The predicted octanol–water partition coefficient (Wildman–Crippen LogP) is 16.7. The van der Waals surface area contributed by atoms with Crippen LogP contribution < -0.4 is 4.90 Å². The summed E-state index contributed by atoms with van der Waals surface area (Å²) in [5, 5.41) is 9.68. The molecule has 0 aliphatic rings. The second-order valence-corrected chi connectivity index (χ2v) is 16.3. The lowest BCUT2D eigenvalue weighted by molar-refractivity contribution is 0.673. The van der Waals surface area contributed by atoms with E-state index in [0.717, 1.165) is 55.5 Å². The number of rotatable bonds is 6. The molecule has 0 saturated heterocycles. The van der Waals surface area contributed by atoms with Gasteiger partial charge in [0.1, 0.15) is 11.2 Å². The Morgan fingerprint density at radius 3 is 1.80 bits per heavy atom. The molecule has 0 spiro atoms. The quantitative estimate of drug-likeness (QED) is 0.167. The molecule has 0 bridgehead atoms. The van der Waals surface area contributed by atoms with Crippen molar-refractivity contribution < 1.29 is 4.42 Å². The maximum absolute atomic E-state index is 6.61. The Hall–Kier alpha value is -7.46. The summed E-state index contributed by atoms with van der Waals surface area (Å²) in [5.41, 5.74) is 12.2. The van der Waals surface area contributed by atoms with Gasteiger partial charge in [0.25, 0.3) is 0 Å². The van der Waals surface area contributed by atoms with Crippen molar-refractivity contribution in [1.82, 2.24) is 0 Å². The van der Waals surface area contributed by atoms with Crippen molar-refractivity contribution in [3.8, 4) is 33.4 Å². The first kappa shape index (κ1) is 33.7. The minimum absolute atomic E-state index is 0.892. The third kappa shape index (κ3) is 5.62. The van der Waals surface area contributed by atoms with Gasteiger partial charge >= 0.3 is 0 Å². The average Bonchev–Trinajstić information content (AvgIpc) is 3.89. The van der Waals surface area contributed by atoms with Crippen molar-refractivity contribution in [3.05, 3.63) is 212 Å². The highest BCUT2D eigenvalue weighted by atomic mass is 32.1. The van der Waals surface area contributed by atoms with Crippen LogP contribution in [0.1, 0.15) is 0 Å². The molecular weight excluding hydrogens is 735 g/mol. The highest BCUT2D eigenvalue weighted by molar-refractivity contribution is 7.25. The van der Waals surface area contributed by atoms with Gasteiger partial charge in [0.2, 0.25) is 0 Å². The van der Waals surface area contributed by atoms with Gasteiger partial charge in [-0.2, -0.15) is 0 Å². The fraction of sp³-hybridized carbons (Fsp3) is 0. The fourth-order valence-corrected chi connectivity index (χ4v) is 10.2. The van der Waals surface area contributed by atoms with Crippen molar-refractivity contribution in [2.24, 2.45) is 0 Å². The first-order chi connectivity index (χ1) is 29.2. The highest BCUT2D eigenvalue weighted by Crippen LogP contribution is 2.44. The Morgan fingerprint density at radius 1 is 0.339 bits per heavy atom. The van der Waals surface area contributed by atoms with E-state index in [2.05, 4.69) is 217 Å². The number of fused-ring (bicyclic) bond motifs is 9. The van der Waals surface area contributed by atoms with E-state index < -0.39 is 0 Å². The lowest BCUT2D eigenvalue weighted by Gasteiger charge is -2.27. The first-order valence-corrected chi connectivity index (χ1v) is 20.9. The fourth-order valence-electron chi connectivity index (χ4n) is 9.05. The van der Waals surface area contributed by atoms with Crippen LogP contribution in [-0.2, 0) is 0 Å². The molecule has 2 aromatic heterocycles. The predicted molar refractivity (Wildman–Crippen MR) is 253 cm³/mol. The topological polar surface area (TPSA) is 16.4 Å². The van der Waals surface area contributed by atoms with Crippen LogP contribution in [0.2, 0.25) is 0 Å². The minimum Gasteiger partial charge on any atom is -0.455 e. The summed E-state index contributed by atoms with van der Waals surface area (Å²) in [6.07, 6.45) is 0. The van der Waals surface area contributed by atoms with E-state index in [1.807, 2.05) is 11.3 Å². The molecular formula is C56H35NOS. The monoisotopic (exact) mass is 769 g/mol. The standard InChI is InChI=1S/C56H35NOS/c1-2-13-39-33-41(26-25-36(39)11-1)40-14-7-16-44(34-40)57(43-30-27-38(28-31-43)46-21-10-24-53-55(46)49-19-5-6-23-52(49)59-53)45-17-8-15-42(35-45)47-20-9-22-51-54(47)50-32-29-37-12-3-4-18-48(37)56(50)58-51/h1-35H. The number of thiophene rings is 1. The molecule has 0 aliphatic carbocycles. The maximum Gasteiger partial charge on any atom is 0.143 e. The summed E-state index contributed by atoms with van der Waals surface area (Å²) in [4.78, 5) is 2.39. The first-order valence-electron chi connectivity index (χ1n) is 20.1. The highest BCUT2D eigenvalue weighted by Gasteiger charge is 2.19. The lowest BCUT2D eigenvalue weighted by Crippen LogP contribution is -2.10. The van der Waals surface area contributed by atoms with Crippen LogP contribution in [0.15, 0.2) is 217 Å². The SMILES string of the molecule is c1cc(-c2ccc3ccccc3c2)cc(N(c2ccc(-c3cccc4sc5ccccc5c34)cc2)c2cccc(-c3cccc4oc5c6ccccc6ccc5c34)c2)c1. The van der Waals surface area contributed by atoms with Gasteiger partial charge in [0, 0.05) is 53.4 Å². The molecule has 0 unspecified atom stereocenters. The van der Waals surface area contributed by atoms with Crippen molar-refractivity contribution in [2.45, 2.75) is 0 Å². The van der Waals surface area contributed by atoms with Crippen LogP contribution in [0.4, 0.5) is 17.1 Å². The molecule has 3 heteroatoms. The molecule has 10 aromatic carbocycles. The van der Waals surface area contributed by atoms with Crippen LogP contribution in [0.3, 0.4) is 0 Å². The summed E-state index contributed by atoms with van der Waals surface area (Å²) in [6.45, 7) is 0. The number of nitrogens with zero attached hydrogens (tertiary/aromatic N) is 1. The third-order valence-electron chi connectivity index (χ3n) is 11.8. The molecule has 0 radical (unpaired) electrons. The van der Waals surface area contributed by atoms with E-state index >= 15 is 0 Å². The van der Waals surface area contributed by atoms with E-state index in [4.69, 9.17) is 4.42 Å². The van der Waals surface area contributed by atoms with Crippen molar-refractivity contribution >= 4 is 92.1 Å². The number of hydrogen-bond donors (Lipinski definition) is 0. The van der Waals surface area contributed by atoms with Gasteiger partial charge in [-0.1, -0.05) is 146 Å². The molecule has 0 saturated carbocycles. The molecule has 0 aliphatic heterocycles. The molecule has 0 fully saturated rings. The van der Waals surface area contributed by atoms with Crippen LogP contribution in [0, 0.1) is 0 Å². The Balaban J connectivity index is 1.02.